The van der Waals surface area contributed by atoms with Crippen molar-refractivity contribution in [3.05, 3.63) is 125 Å². The van der Waals surface area contributed by atoms with Gasteiger partial charge in [0.05, 0.1) is 17.8 Å². The van der Waals surface area contributed by atoms with Crippen LogP contribution in [0, 0.1) is 27.7 Å². The van der Waals surface area contributed by atoms with E-state index in [-0.39, 0.29) is 0 Å². The molecule has 5 heteroatoms. The minimum Gasteiger partial charge on any atom is -0.321 e. The number of hydrogen-bond acceptors (Lipinski definition) is 3. The number of aromatic nitrogens is 1. The molecule has 0 aliphatic rings. The molecule has 4 aromatic rings. The van der Waals surface area contributed by atoms with Gasteiger partial charge in [0.1, 0.15) is 0 Å². The summed E-state index contributed by atoms with van der Waals surface area (Å²) >= 11 is 0. The highest BCUT2D eigenvalue weighted by Crippen LogP contribution is 2.45. The third-order valence-corrected chi connectivity index (χ3v) is 8.62. The fourth-order valence-electron chi connectivity index (χ4n) is 4.53. The van der Waals surface area contributed by atoms with E-state index in [0.717, 1.165) is 44.1 Å². The van der Waals surface area contributed by atoms with Crippen molar-refractivity contribution in [1.82, 2.24) is 10.1 Å². The molecular weight excluding hydrogens is 437 g/mol. The minimum atomic E-state index is -3.29. The van der Waals surface area contributed by atoms with Gasteiger partial charge in [-0.3, -0.25) is 14.6 Å². The number of nitrogens with one attached hydrogen (secondary N) is 1. The van der Waals surface area contributed by atoms with Gasteiger partial charge in [0.2, 0.25) is 7.29 Å². The van der Waals surface area contributed by atoms with Crippen molar-refractivity contribution in [2.75, 3.05) is 0 Å². The van der Waals surface area contributed by atoms with Gasteiger partial charge in [0.15, 0.2) is 0 Å². The molecule has 3 N–H and O–H groups in total. The lowest BCUT2D eigenvalue weighted by Gasteiger charge is -2.31. The van der Waals surface area contributed by atoms with Crippen LogP contribution in [-0.4, -0.2) is 4.98 Å². The molecule has 0 fully saturated rings. The summed E-state index contributed by atoms with van der Waals surface area (Å²) in [5, 5.41) is 5.14. The fraction of sp³-hybridized carbons (Fsp3) is 0.207. The molecule has 0 saturated carbocycles. The summed E-state index contributed by atoms with van der Waals surface area (Å²) in [7, 11) is -3.29. The highest BCUT2D eigenvalue weighted by molar-refractivity contribution is 7.77. The molecule has 3 aromatic carbocycles. The number of rotatable bonds is 7. The lowest BCUT2D eigenvalue weighted by molar-refractivity contribution is 0.503. The quantitative estimate of drug-likeness (QED) is 0.347. The van der Waals surface area contributed by atoms with Gasteiger partial charge in [0, 0.05) is 16.8 Å². The molecule has 1 heterocycles. The number of aryl methyl sites for hydroxylation is 4. The molecule has 0 spiro atoms. The second-order valence-corrected chi connectivity index (χ2v) is 11.6. The van der Waals surface area contributed by atoms with Crippen LogP contribution in [0.3, 0.4) is 0 Å². The Hall–Kier alpha value is -3.04. The first-order valence-corrected chi connectivity index (χ1v) is 13.2. The van der Waals surface area contributed by atoms with Crippen LogP contribution in [0.4, 0.5) is 0 Å². The van der Waals surface area contributed by atoms with Crippen molar-refractivity contribution in [1.29, 1.82) is 0 Å². The second kappa shape index (κ2) is 10.1. The van der Waals surface area contributed by atoms with Gasteiger partial charge in [-0.2, -0.15) is 0 Å². The number of nitrogens with zero attached hydrogens (tertiary/aromatic N) is 1. The average Bonchev–Trinajstić information content (AvgIpc) is 2.82. The van der Waals surface area contributed by atoms with E-state index in [1.54, 1.807) is 6.20 Å². The predicted octanol–water partition coefficient (Wildman–Crippen LogP) is 5.58. The van der Waals surface area contributed by atoms with Gasteiger partial charge >= 0.3 is 0 Å². The Labute approximate surface area is 202 Å². The number of hydrogen-bond donors (Lipinski definition) is 2. The van der Waals surface area contributed by atoms with Crippen LogP contribution in [-0.2, 0) is 4.57 Å². The lowest BCUT2D eigenvalue weighted by atomic mass is 9.98. The fourth-order valence-corrected chi connectivity index (χ4v) is 7.36. The van der Waals surface area contributed by atoms with Crippen molar-refractivity contribution < 1.29 is 4.57 Å². The highest BCUT2D eigenvalue weighted by Gasteiger charge is 2.35. The monoisotopic (exact) mass is 469 g/mol. The van der Waals surface area contributed by atoms with Crippen LogP contribution in [0.2, 0.25) is 0 Å². The topological polar surface area (TPSA) is 68.0 Å². The Bertz CT molecular complexity index is 1230. The molecule has 0 saturated heterocycles. The number of benzene rings is 3. The van der Waals surface area contributed by atoms with Gasteiger partial charge in [-0.05, 0) is 69.7 Å². The van der Waals surface area contributed by atoms with E-state index in [9.17, 15) is 0 Å². The Kier molecular flexibility index (Phi) is 7.13. The summed E-state index contributed by atoms with van der Waals surface area (Å²) in [5.41, 5.74) is 12.8. The van der Waals surface area contributed by atoms with Gasteiger partial charge < -0.3 is 5.73 Å². The zero-order valence-corrected chi connectivity index (χ0v) is 21.1. The first kappa shape index (κ1) is 24.1. The van der Waals surface area contributed by atoms with Gasteiger partial charge in [0.25, 0.3) is 0 Å². The number of nitrogens with two attached hydrogens (primary N) is 1. The van der Waals surface area contributed by atoms with Gasteiger partial charge in [-0.25, -0.2) is 0 Å². The van der Waals surface area contributed by atoms with Crippen LogP contribution < -0.4 is 21.4 Å². The van der Waals surface area contributed by atoms with Crippen LogP contribution in [0.25, 0.3) is 0 Å². The van der Waals surface area contributed by atoms with E-state index in [1.165, 1.54) is 0 Å². The zero-order valence-electron chi connectivity index (χ0n) is 20.2. The molecule has 1 aromatic heterocycles. The Balaban J connectivity index is 1.91. The van der Waals surface area contributed by atoms with Crippen LogP contribution in [0.15, 0.2) is 91.1 Å². The maximum atomic E-state index is 15.2. The molecule has 174 valence electrons. The first-order valence-electron chi connectivity index (χ1n) is 11.5. The Morgan fingerprint density at radius 1 is 0.735 bits per heavy atom. The Morgan fingerprint density at radius 3 is 1.71 bits per heavy atom. The maximum Gasteiger partial charge on any atom is 0.205 e. The van der Waals surface area contributed by atoms with E-state index in [4.69, 9.17) is 5.73 Å². The molecule has 0 bridgehead atoms. The molecule has 0 amide bonds. The SMILES string of the molecule is Cc1cc(C)cc(P(=O)(NC(c2ccccc2)C(N)c2ccccn2)c2cc(C)cc(C)c2)c1. The summed E-state index contributed by atoms with van der Waals surface area (Å²) in [6.07, 6.45) is 1.74. The standard InChI is InChI=1S/C29H32N3OP/c1-20-14-21(2)17-25(16-20)34(33,26-18-22(3)15-23(4)19-26)32-29(24-10-6-5-7-11-24)28(30)27-12-8-9-13-31-27/h5-19,28-29H,30H2,1-4H3,(H,32,33). The third kappa shape index (κ3) is 5.20. The summed E-state index contributed by atoms with van der Waals surface area (Å²) in [6.45, 7) is 8.15. The maximum absolute atomic E-state index is 15.2. The summed E-state index contributed by atoms with van der Waals surface area (Å²) in [6, 6.07) is 27.1. The molecule has 4 rings (SSSR count). The van der Waals surface area contributed by atoms with Crippen molar-refractivity contribution >= 4 is 17.9 Å². The summed E-state index contributed by atoms with van der Waals surface area (Å²) in [5.74, 6) is 0. The van der Waals surface area contributed by atoms with Crippen LogP contribution >= 0.6 is 7.29 Å². The van der Waals surface area contributed by atoms with E-state index >= 15 is 4.57 Å². The number of pyridine rings is 1. The molecule has 4 nitrogen and oxygen atoms in total. The van der Waals surface area contributed by atoms with E-state index in [0.29, 0.717) is 0 Å². The second-order valence-electron chi connectivity index (χ2n) is 9.10. The van der Waals surface area contributed by atoms with Crippen molar-refractivity contribution in [2.24, 2.45) is 5.73 Å². The van der Waals surface area contributed by atoms with Crippen molar-refractivity contribution in [3.8, 4) is 0 Å². The normalized spacial score (nSPS) is 13.4. The molecule has 2 atom stereocenters. The molecule has 2 unspecified atom stereocenters. The van der Waals surface area contributed by atoms with Crippen molar-refractivity contribution in [2.45, 2.75) is 39.8 Å². The Morgan fingerprint density at radius 2 is 1.24 bits per heavy atom. The smallest absolute Gasteiger partial charge is 0.205 e. The van der Waals surface area contributed by atoms with Crippen LogP contribution in [0.1, 0.15) is 45.6 Å². The van der Waals surface area contributed by atoms with E-state index in [2.05, 4.69) is 22.2 Å². The van der Waals surface area contributed by atoms with E-state index in [1.807, 2.05) is 100 Å². The first-order chi connectivity index (χ1) is 16.3. The summed E-state index contributed by atoms with van der Waals surface area (Å²) in [4.78, 5) is 4.50. The lowest BCUT2D eigenvalue weighted by Crippen LogP contribution is -2.36. The predicted molar refractivity (Wildman–Crippen MR) is 142 cm³/mol. The van der Waals surface area contributed by atoms with Crippen LogP contribution in [0.5, 0.6) is 0 Å². The molecular formula is C29H32N3OP. The minimum absolute atomic E-state index is 0.413. The van der Waals surface area contributed by atoms with Gasteiger partial charge in [-0.1, -0.05) is 70.8 Å². The van der Waals surface area contributed by atoms with Gasteiger partial charge in [-0.15, -0.1) is 0 Å². The molecule has 34 heavy (non-hydrogen) atoms. The summed E-state index contributed by atoms with van der Waals surface area (Å²) < 4.78 is 15.2. The average molecular weight is 470 g/mol. The zero-order chi connectivity index (χ0) is 24.3. The third-order valence-electron chi connectivity index (χ3n) is 6.01. The van der Waals surface area contributed by atoms with E-state index < -0.39 is 19.4 Å². The van der Waals surface area contributed by atoms with Crippen molar-refractivity contribution in [3.63, 3.8) is 0 Å². The highest BCUT2D eigenvalue weighted by atomic mass is 31.2. The molecule has 0 radical (unpaired) electrons. The largest absolute Gasteiger partial charge is 0.321 e. The molecule has 0 aliphatic carbocycles. The molecule has 0 aliphatic heterocycles.